The Morgan fingerprint density at radius 1 is 0.714 bits per heavy atom. The van der Waals surface area contributed by atoms with Gasteiger partial charge in [0.25, 0.3) is 0 Å². The molecule has 0 saturated heterocycles. The first-order chi connectivity index (χ1) is 6.91. The summed E-state index contributed by atoms with van der Waals surface area (Å²) in [6.07, 6.45) is 13.9. The highest BCUT2D eigenvalue weighted by molar-refractivity contribution is 5.97. The van der Waals surface area contributed by atoms with Gasteiger partial charge < -0.3 is 3.79 Å². The molecule has 0 aromatic rings. The lowest BCUT2D eigenvalue weighted by Gasteiger charge is -2.02. The SMILES string of the molecule is CCCCCCCCCCCC[O][Al]. The Kier molecular flexibility index (Phi) is 14.0. The molecule has 1 nitrogen and oxygen atoms in total. The number of rotatable bonds is 11. The highest BCUT2D eigenvalue weighted by Crippen LogP contribution is 2.10. The molecule has 0 aliphatic heterocycles. The minimum absolute atomic E-state index is 0.904. The van der Waals surface area contributed by atoms with Gasteiger partial charge in [0.15, 0.2) is 0 Å². The highest BCUT2D eigenvalue weighted by Gasteiger charge is 1.91. The predicted octanol–water partition coefficient (Wildman–Crippen LogP) is 4.01. The second kappa shape index (κ2) is 13.5. The monoisotopic (exact) mass is 212 g/mol. The van der Waals surface area contributed by atoms with Crippen molar-refractivity contribution in [2.45, 2.75) is 71.1 Å². The molecular weight excluding hydrogens is 187 g/mol. The Balaban J connectivity index is 2.78. The summed E-state index contributed by atoms with van der Waals surface area (Å²) in [5, 5.41) is 0. The van der Waals surface area contributed by atoms with Gasteiger partial charge >= 0.3 is 16.6 Å². The van der Waals surface area contributed by atoms with Crippen LogP contribution in [0.3, 0.4) is 0 Å². The molecule has 0 aliphatic rings. The lowest BCUT2D eigenvalue weighted by Crippen LogP contribution is -1.89. The zero-order valence-corrected chi connectivity index (χ0v) is 10.9. The van der Waals surface area contributed by atoms with E-state index >= 15 is 0 Å². The molecule has 2 heteroatoms. The van der Waals surface area contributed by atoms with Gasteiger partial charge in [0.2, 0.25) is 0 Å². The van der Waals surface area contributed by atoms with Gasteiger partial charge in [-0.2, -0.15) is 0 Å². The van der Waals surface area contributed by atoms with E-state index in [4.69, 9.17) is 3.79 Å². The van der Waals surface area contributed by atoms with E-state index < -0.39 is 0 Å². The van der Waals surface area contributed by atoms with Crippen molar-refractivity contribution < 1.29 is 3.79 Å². The van der Waals surface area contributed by atoms with Crippen LogP contribution >= 0.6 is 0 Å². The van der Waals surface area contributed by atoms with Crippen molar-refractivity contribution in [1.29, 1.82) is 0 Å². The van der Waals surface area contributed by atoms with Gasteiger partial charge in [-0.3, -0.25) is 0 Å². The van der Waals surface area contributed by atoms with Crippen LogP contribution in [0.15, 0.2) is 0 Å². The standard InChI is InChI=1S/C12H25O.Al/c1-2-3-4-5-6-7-8-9-10-11-12-13;/h2-12H2,1H3;/q-1;+1. The van der Waals surface area contributed by atoms with Crippen LogP contribution in [0.25, 0.3) is 0 Å². The van der Waals surface area contributed by atoms with Crippen LogP contribution in [0.2, 0.25) is 0 Å². The van der Waals surface area contributed by atoms with E-state index in [2.05, 4.69) is 23.5 Å². The normalized spacial score (nSPS) is 10.6. The van der Waals surface area contributed by atoms with E-state index in [0.29, 0.717) is 0 Å². The molecule has 0 saturated carbocycles. The van der Waals surface area contributed by atoms with Gasteiger partial charge in [-0.15, -0.1) is 0 Å². The molecule has 2 radical (unpaired) electrons. The number of unbranched alkanes of at least 4 members (excludes halogenated alkanes) is 9. The summed E-state index contributed by atoms with van der Waals surface area (Å²) >= 11 is 2.31. The van der Waals surface area contributed by atoms with Crippen molar-refractivity contribution in [3.63, 3.8) is 0 Å². The third-order valence-corrected chi connectivity index (χ3v) is 2.85. The molecule has 0 aliphatic carbocycles. The first-order valence-electron chi connectivity index (χ1n) is 6.23. The second-order valence-corrected chi connectivity index (χ2v) is 4.39. The number of hydrogen-bond donors (Lipinski definition) is 0. The minimum Gasteiger partial charge on any atom is -0.516 e. The molecule has 0 atom stereocenters. The van der Waals surface area contributed by atoms with Gasteiger partial charge in [0.05, 0.1) is 0 Å². The first-order valence-corrected chi connectivity index (χ1v) is 6.70. The van der Waals surface area contributed by atoms with Crippen molar-refractivity contribution in [1.82, 2.24) is 0 Å². The lowest BCUT2D eigenvalue weighted by molar-refractivity contribution is 0.332. The van der Waals surface area contributed by atoms with Gasteiger partial charge in [0.1, 0.15) is 0 Å². The molecule has 0 N–H and O–H groups in total. The van der Waals surface area contributed by atoms with E-state index in [9.17, 15) is 0 Å². The van der Waals surface area contributed by atoms with Gasteiger partial charge in [0, 0.05) is 6.61 Å². The van der Waals surface area contributed by atoms with E-state index in [1.54, 1.807) is 0 Å². The predicted molar refractivity (Wildman–Crippen MR) is 63.6 cm³/mol. The summed E-state index contributed by atoms with van der Waals surface area (Å²) < 4.78 is 4.93. The maximum absolute atomic E-state index is 4.93. The maximum atomic E-state index is 4.93. The molecule has 0 amide bonds. The fraction of sp³-hybridized carbons (Fsp3) is 1.00. The van der Waals surface area contributed by atoms with Crippen LogP contribution in [-0.2, 0) is 3.79 Å². The van der Waals surface area contributed by atoms with E-state index in [0.717, 1.165) is 6.61 Å². The average Bonchev–Trinajstić information content (AvgIpc) is 2.21. The summed E-state index contributed by atoms with van der Waals surface area (Å²) in [7, 11) is 0. The van der Waals surface area contributed by atoms with Crippen LogP contribution in [0.1, 0.15) is 71.1 Å². The molecular formula is C12H25AlO. The van der Waals surface area contributed by atoms with E-state index in [-0.39, 0.29) is 0 Å². The van der Waals surface area contributed by atoms with Crippen molar-refractivity contribution in [2.75, 3.05) is 6.61 Å². The molecule has 0 aromatic heterocycles. The Bertz CT molecular complexity index is 84.3. The summed E-state index contributed by atoms with van der Waals surface area (Å²) in [4.78, 5) is 0. The van der Waals surface area contributed by atoms with Crippen LogP contribution < -0.4 is 0 Å². The van der Waals surface area contributed by atoms with Crippen molar-refractivity contribution in [3.05, 3.63) is 0 Å². The molecule has 0 rings (SSSR count). The van der Waals surface area contributed by atoms with Crippen LogP contribution in [-0.4, -0.2) is 23.2 Å². The fourth-order valence-electron chi connectivity index (χ4n) is 1.67. The smallest absolute Gasteiger partial charge is 0.369 e. The largest absolute Gasteiger partial charge is 0.516 e. The summed E-state index contributed by atoms with van der Waals surface area (Å²) in [6, 6.07) is 0. The molecule has 0 unspecified atom stereocenters. The molecule has 0 aromatic carbocycles. The van der Waals surface area contributed by atoms with Crippen molar-refractivity contribution in [2.24, 2.45) is 0 Å². The molecule has 82 valence electrons. The van der Waals surface area contributed by atoms with Gasteiger partial charge in [-0.25, -0.2) is 0 Å². The Labute approximate surface area is 98.4 Å². The third-order valence-electron chi connectivity index (χ3n) is 2.62. The minimum atomic E-state index is 0.904. The molecule has 0 fully saturated rings. The van der Waals surface area contributed by atoms with Crippen LogP contribution in [0, 0.1) is 0 Å². The molecule has 14 heavy (non-hydrogen) atoms. The van der Waals surface area contributed by atoms with E-state index in [1.807, 2.05) is 0 Å². The lowest BCUT2D eigenvalue weighted by atomic mass is 10.1. The topological polar surface area (TPSA) is 9.23 Å². The number of hydrogen-bond acceptors (Lipinski definition) is 1. The molecule has 0 heterocycles. The quantitative estimate of drug-likeness (QED) is 0.371. The molecule has 0 spiro atoms. The summed E-state index contributed by atoms with van der Waals surface area (Å²) in [5.41, 5.74) is 0. The maximum Gasteiger partial charge on any atom is 0.369 e. The van der Waals surface area contributed by atoms with Gasteiger partial charge in [-0.1, -0.05) is 64.7 Å². The summed E-state index contributed by atoms with van der Waals surface area (Å²) in [5.74, 6) is 0. The fourth-order valence-corrected chi connectivity index (χ4v) is 1.84. The average molecular weight is 212 g/mol. The first kappa shape index (κ1) is 14.5. The third kappa shape index (κ3) is 12.5. The Hall–Kier alpha value is 0.492. The zero-order chi connectivity index (χ0) is 10.5. The van der Waals surface area contributed by atoms with E-state index in [1.165, 1.54) is 64.2 Å². The summed E-state index contributed by atoms with van der Waals surface area (Å²) in [6.45, 7) is 3.18. The Morgan fingerprint density at radius 2 is 1.14 bits per heavy atom. The zero-order valence-electron chi connectivity index (χ0n) is 9.76. The van der Waals surface area contributed by atoms with Crippen LogP contribution in [0.5, 0.6) is 0 Å². The molecule has 0 bridgehead atoms. The van der Waals surface area contributed by atoms with Crippen molar-refractivity contribution in [3.8, 4) is 0 Å². The second-order valence-electron chi connectivity index (χ2n) is 4.05. The highest BCUT2D eigenvalue weighted by atomic mass is 27.1. The van der Waals surface area contributed by atoms with Gasteiger partial charge in [-0.05, 0) is 6.42 Å². The van der Waals surface area contributed by atoms with Crippen molar-refractivity contribution >= 4 is 16.6 Å². The van der Waals surface area contributed by atoms with Crippen LogP contribution in [0.4, 0.5) is 0 Å². The Morgan fingerprint density at radius 3 is 1.57 bits per heavy atom.